The number of hydrogen-bond acceptors (Lipinski definition) is 6. The molecule has 6 nitrogen and oxygen atoms in total. The van der Waals surface area contributed by atoms with Gasteiger partial charge in [-0.05, 0) is 36.5 Å². The molecule has 1 aromatic carbocycles. The summed E-state index contributed by atoms with van der Waals surface area (Å²) in [7, 11) is -3.24. The van der Waals surface area contributed by atoms with Gasteiger partial charge in [0.2, 0.25) is 0 Å². The minimum absolute atomic E-state index is 0. The maximum absolute atomic E-state index is 12.0. The number of sulfone groups is 1. The molecular formula is C19H28MgO6S. The number of carbonyl (C=O) groups excluding carboxylic acids is 2. The highest BCUT2D eigenvalue weighted by Crippen LogP contribution is 2.38. The minimum Gasteiger partial charge on any atom is -0.433 e. The average molecular weight is 409 g/mol. The molecule has 0 radical (unpaired) electrons. The van der Waals surface area contributed by atoms with Gasteiger partial charge < -0.3 is 9.47 Å². The highest BCUT2D eigenvalue weighted by Gasteiger charge is 2.28. The van der Waals surface area contributed by atoms with E-state index in [1.54, 1.807) is 38.1 Å². The van der Waals surface area contributed by atoms with Crippen LogP contribution in [0.2, 0.25) is 0 Å². The Balaban J connectivity index is 0.00000364. The van der Waals surface area contributed by atoms with E-state index < -0.39 is 22.0 Å². The van der Waals surface area contributed by atoms with Crippen molar-refractivity contribution in [1.82, 2.24) is 0 Å². The molecule has 1 aromatic rings. The van der Waals surface area contributed by atoms with E-state index in [2.05, 4.69) is 4.74 Å². The van der Waals surface area contributed by atoms with Crippen LogP contribution in [-0.2, 0) is 24.1 Å². The highest BCUT2D eigenvalue weighted by molar-refractivity contribution is 7.91. The van der Waals surface area contributed by atoms with Crippen LogP contribution in [0.3, 0.4) is 0 Å². The summed E-state index contributed by atoms with van der Waals surface area (Å²) in [5.74, 6) is -0.251. The first-order valence-electron chi connectivity index (χ1n) is 9.07. The Morgan fingerprint density at radius 3 is 2.22 bits per heavy atom. The second kappa shape index (κ2) is 11.0. The summed E-state index contributed by atoms with van der Waals surface area (Å²) in [6, 6.07) is 6.79. The molecule has 1 aliphatic rings. The van der Waals surface area contributed by atoms with Crippen molar-refractivity contribution in [2.45, 2.75) is 56.8 Å². The van der Waals surface area contributed by atoms with Gasteiger partial charge in [-0.3, -0.25) is 4.79 Å². The third-order valence-corrected chi connectivity index (χ3v) is 6.63. The van der Waals surface area contributed by atoms with Crippen molar-refractivity contribution < 1.29 is 27.5 Å². The lowest BCUT2D eigenvalue weighted by atomic mass is 9.85. The van der Waals surface area contributed by atoms with Crippen LogP contribution >= 0.6 is 0 Å². The summed E-state index contributed by atoms with van der Waals surface area (Å²) in [6.45, 7) is 3.32. The van der Waals surface area contributed by atoms with Gasteiger partial charge in [0, 0.05) is 12.3 Å². The molecule has 2 rings (SSSR count). The van der Waals surface area contributed by atoms with Crippen molar-refractivity contribution in [3.8, 4) is 0 Å². The van der Waals surface area contributed by atoms with Crippen LogP contribution in [0.25, 0.3) is 0 Å². The summed E-state index contributed by atoms with van der Waals surface area (Å²) < 4.78 is 33.6. The van der Waals surface area contributed by atoms with E-state index in [1.165, 1.54) is 0 Å². The average Bonchev–Trinajstić information content (AvgIpc) is 3.16. The van der Waals surface area contributed by atoms with E-state index in [-0.39, 0.29) is 47.8 Å². The van der Waals surface area contributed by atoms with E-state index >= 15 is 0 Å². The molecule has 1 unspecified atom stereocenters. The first-order chi connectivity index (χ1) is 12.4. The van der Waals surface area contributed by atoms with Crippen LogP contribution in [0.15, 0.2) is 29.2 Å². The fourth-order valence-corrected chi connectivity index (χ4v) is 4.19. The molecule has 0 saturated heterocycles. The third-order valence-electron chi connectivity index (χ3n) is 4.88. The van der Waals surface area contributed by atoms with Gasteiger partial charge in [0.05, 0.1) is 10.6 Å². The van der Waals surface area contributed by atoms with Crippen molar-refractivity contribution in [3.63, 3.8) is 0 Å². The second-order valence-corrected chi connectivity index (χ2v) is 8.79. The lowest BCUT2D eigenvalue weighted by Crippen LogP contribution is -2.21. The van der Waals surface area contributed by atoms with Gasteiger partial charge in [0.25, 0.3) is 0 Å². The molecule has 0 aromatic heterocycles. The molecule has 0 bridgehead atoms. The highest BCUT2D eigenvalue weighted by atomic mass is 32.2. The normalized spacial score (nSPS) is 15.6. The zero-order chi connectivity index (χ0) is 19.2. The largest absolute Gasteiger partial charge is 0.516 e. The quantitative estimate of drug-likeness (QED) is 0.391. The maximum Gasteiger partial charge on any atom is 0.516 e. The molecule has 1 fully saturated rings. The van der Waals surface area contributed by atoms with Gasteiger partial charge in [-0.1, -0.05) is 38.8 Å². The lowest BCUT2D eigenvalue weighted by molar-refractivity contribution is -0.139. The van der Waals surface area contributed by atoms with Crippen molar-refractivity contribution in [2.24, 2.45) is 5.92 Å². The van der Waals surface area contributed by atoms with Gasteiger partial charge in [-0.2, -0.15) is 0 Å². The van der Waals surface area contributed by atoms with Crippen LogP contribution in [0.4, 0.5) is 4.79 Å². The Kier molecular flexibility index (Phi) is 9.76. The smallest absolute Gasteiger partial charge is 0.433 e. The van der Waals surface area contributed by atoms with Gasteiger partial charge in [-0.15, -0.1) is 0 Å². The molecule has 0 heterocycles. The maximum atomic E-state index is 12.0. The molecule has 27 heavy (non-hydrogen) atoms. The van der Waals surface area contributed by atoms with Gasteiger partial charge >= 0.3 is 35.2 Å². The van der Waals surface area contributed by atoms with Crippen LogP contribution in [0, 0.1) is 5.92 Å². The molecule has 0 amide bonds. The predicted octanol–water partition coefficient (Wildman–Crippen LogP) is 2.93. The lowest BCUT2D eigenvalue weighted by Gasteiger charge is -2.23. The number of rotatable bonds is 7. The van der Waals surface area contributed by atoms with E-state index in [9.17, 15) is 18.0 Å². The van der Waals surface area contributed by atoms with Crippen LogP contribution in [-0.4, -0.2) is 56.0 Å². The van der Waals surface area contributed by atoms with Crippen LogP contribution in [0.1, 0.15) is 57.4 Å². The Morgan fingerprint density at radius 1 is 1.11 bits per heavy atom. The number of carbonyl (C=O) groups is 2. The molecule has 148 valence electrons. The number of hydrogen-bond donors (Lipinski definition) is 0. The van der Waals surface area contributed by atoms with Crippen LogP contribution < -0.4 is 0 Å². The summed E-state index contributed by atoms with van der Waals surface area (Å²) in [6.07, 6.45) is 3.45. The Labute approximate surface area is 177 Å². The summed E-state index contributed by atoms with van der Waals surface area (Å²) in [5, 5.41) is 0. The molecule has 0 N–H and O–H groups in total. The third kappa shape index (κ3) is 6.76. The summed E-state index contributed by atoms with van der Waals surface area (Å²) >= 11 is 0. The standard InChI is InChI=1S/C19H26O6S.Mg.2H/c1-3-18(20)25-19(21)24-13-17(14-7-5-6-8-14)15-9-11-16(12-10-15)26(22,23)4-2;;;/h9-12,14,17H,3-8,13H2,1-2H3;;;. The molecular weight excluding hydrogens is 381 g/mol. The van der Waals surface area contributed by atoms with Crippen molar-refractivity contribution in [2.75, 3.05) is 12.4 Å². The monoisotopic (exact) mass is 408 g/mol. The molecule has 0 aliphatic heterocycles. The van der Waals surface area contributed by atoms with Gasteiger partial charge in [0.1, 0.15) is 6.61 Å². The summed E-state index contributed by atoms with van der Waals surface area (Å²) in [4.78, 5) is 23.1. The molecule has 1 aliphatic carbocycles. The molecule has 1 atom stereocenters. The zero-order valence-corrected chi connectivity index (χ0v) is 16.1. The van der Waals surface area contributed by atoms with Gasteiger partial charge in [0.15, 0.2) is 9.84 Å². The van der Waals surface area contributed by atoms with Gasteiger partial charge in [-0.25, -0.2) is 13.2 Å². The van der Waals surface area contributed by atoms with Crippen molar-refractivity contribution in [3.05, 3.63) is 29.8 Å². The predicted molar refractivity (Wildman–Crippen MR) is 105 cm³/mol. The zero-order valence-electron chi connectivity index (χ0n) is 15.3. The Bertz CT molecular complexity index is 723. The summed E-state index contributed by atoms with van der Waals surface area (Å²) in [5.41, 5.74) is 0.932. The van der Waals surface area contributed by atoms with Crippen molar-refractivity contribution >= 4 is 45.0 Å². The van der Waals surface area contributed by atoms with E-state index in [1.807, 2.05) is 0 Å². The van der Waals surface area contributed by atoms with E-state index in [0.717, 1.165) is 31.2 Å². The number of ether oxygens (including phenoxy) is 2. The van der Waals surface area contributed by atoms with Crippen LogP contribution in [0.5, 0.6) is 0 Å². The SMILES string of the molecule is CCC(=O)OC(=O)OCC(c1ccc(S(=O)(=O)CC)cc1)C1CCCC1.[MgH2]. The minimum atomic E-state index is -3.24. The fourth-order valence-electron chi connectivity index (χ4n) is 3.31. The number of benzene rings is 1. The molecule has 1 saturated carbocycles. The number of esters is 1. The first kappa shape index (κ1) is 23.9. The van der Waals surface area contributed by atoms with E-state index in [0.29, 0.717) is 10.8 Å². The Hall–Kier alpha value is -1.12. The van der Waals surface area contributed by atoms with Crippen molar-refractivity contribution in [1.29, 1.82) is 0 Å². The molecule has 8 heteroatoms. The fraction of sp³-hybridized carbons (Fsp3) is 0.579. The van der Waals surface area contributed by atoms with E-state index in [4.69, 9.17) is 4.74 Å². The molecule has 0 spiro atoms. The Morgan fingerprint density at radius 2 is 1.70 bits per heavy atom. The second-order valence-electron chi connectivity index (χ2n) is 6.51. The first-order valence-corrected chi connectivity index (χ1v) is 10.7. The topological polar surface area (TPSA) is 86.7 Å².